The summed E-state index contributed by atoms with van der Waals surface area (Å²) in [6.45, 7) is 2.26. The van der Waals surface area contributed by atoms with Crippen LogP contribution in [-0.4, -0.2) is 48.2 Å². The van der Waals surface area contributed by atoms with E-state index in [1.807, 2.05) is 0 Å². The lowest BCUT2D eigenvalue weighted by atomic mass is 9.99. The van der Waals surface area contributed by atoms with Crippen LogP contribution in [0.1, 0.15) is 19.3 Å². The van der Waals surface area contributed by atoms with Gasteiger partial charge in [0.15, 0.2) is 0 Å². The molecule has 0 aromatic rings. The van der Waals surface area contributed by atoms with Crippen molar-refractivity contribution in [3.8, 4) is 0 Å². The Kier molecular flexibility index (Phi) is 3.43. The highest BCUT2D eigenvalue weighted by Gasteiger charge is 2.34. The van der Waals surface area contributed by atoms with Gasteiger partial charge in [0.2, 0.25) is 5.91 Å². The summed E-state index contributed by atoms with van der Waals surface area (Å²) in [5.41, 5.74) is 0. The molecule has 0 aromatic heterocycles. The Hall–Kier alpha value is -1.10. The topological polar surface area (TPSA) is 66.8 Å². The van der Waals surface area contributed by atoms with Crippen LogP contribution in [0.3, 0.4) is 0 Å². The summed E-state index contributed by atoms with van der Waals surface area (Å²) >= 11 is 0. The molecule has 0 aromatic carbocycles. The van der Waals surface area contributed by atoms with Crippen molar-refractivity contribution in [2.75, 3.05) is 26.3 Å². The molecule has 0 aliphatic carbocycles. The smallest absolute Gasteiger partial charge is 0.308 e. The zero-order valence-electron chi connectivity index (χ0n) is 9.22. The minimum Gasteiger partial charge on any atom is -0.481 e. The van der Waals surface area contributed by atoms with E-state index in [4.69, 9.17) is 9.84 Å². The maximum absolute atomic E-state index is 12.0. The molecule has 2 aliphatic rings. The van der Waals surface area contributed by atoms with Gasteiger partial charge in [0.25, 0.3) is 0 Å². The number of carbonyl (C=O) groups excluding carboxylic acids is 1. The second-order valence-corrected chi connectivity index (χ2v) is 4.49. The molecule has 0 spiro atoms. The van der Waals surface area contributed by atoms with Crippen LogP contribution in [0.5, 0.6) is 0 Å². The molecule has 5 heteroatoms. The molecule has 2 fully saturated rings. The van der Waals surface area contributed by atoms with Gasteiger partial charge in [-0.05, 0) is 19.3 Å². The molecule has 0 saturated carbocycles. The number of carboxylic acid groups (broad SMARTS) is 1. The molecule has 0 unspecified atom stereocenters. The van der Waals surface area contributed by atoms with Crippen LogP contribution in [0.2, 0.25) is 0 Å². The van der Waals surface area contributed by atoms with Crippen LogP contribution in [0, 0.1) is 11.8 Å². The first-order chi connectivity index (χ1) is 7.68. The first-order valence-corrected chi connectivity index (χ1v) is 5.78. The monoisotopic (exact) mass is 227 g/mol. The van der Waals surface area contributed by atoms with Crippen LogP contribution in [0.15, 0.2) is 0 Å². The number of hydrogen-bond acceptors (Lipinski definition) is 3. The lowest BCUT2D eigenvalue weighted by molar-refractivity contribution is -0.142. The van der Waals surface area contributed by atoms with E-state index in [2.05, 4.69) is 0 Å². The summed E-state index contributed by atoms with van der Waals surface area (Å²) < 4.78 is 5.21. The van der Waals surface area contributed by atoms with Gasteiger partial charge in [-0.3, -0.25) is 9.59 Å². The maximum Gasteiger partial charge on any atom is 0.308 e. The number of likely N-dealkylation sites (tertiary alicyclic amines) is 1. The van der Waals surface area contributed by atoms with Crippen LogP contribution >= 0.6 is 0 Å². The second-order valence-electron chi connectivity index (χ2n) is 4.49. The van der Waals surface area contributed by atoms with E-state index in [9.17, 15) is 9.59 Å². The van der Waals surface area contributed by atoms with Crippen molar-refractivity contribution in [2.24, 2.45) is 11.8 Å². The maximum atomic E-state index is 12.0. The zero-order chi connectivity index (χ0) is 11.5. The zero-order valence-corrected chi connectivity index (χ0v) is 9.22. The van der Waals surface area contributed by atoms with E-state index < -0.39 is 5.97 Å². The number of hydrogen-bond donors (Lipinski definition) is 1. The van der Waals surface area contributed by atoms with Gasteiger partial charge in [0.05, 0.1) is 5.92 Å². The summed E-state index contributed by atoms with van der Waals surface area (Å²) in [5.74, 6) is -1.00. The molecule has 2 heterocycles. The third kappa shape index (κ3) is 2.35. The molecule has 1 atom stereocenters. The number of nitrogens with zero attached hydrogens (tertiary/aromatic N) is 1. The first kappa shape index (κ1) is 11.4. The SMILES string of the molecule is O=C(O)[C@H]1CCN(C(=O)C2CCOCC2)C1. The predicted octanol–water partition coefficient (Wildman–Crippen LogP) is 0.346. The van der Waals surface area contributed by atoms with E-state index in [0.29, 0.717) is 32.7 Å². The summed E-state index contributed by atoms with van der Waals surface area (Å²) in [6.07, 6.45) is 2.13. The van der Waals surface area contributed by atoms with Crippen molar-refractivity contribution in [2.45, 2.75) is 19.3 Å². The predicted molar refractivity (Wildman–Crippen MR) is 55.9 cm³/mol. The Morgan fingerprint density at radius 2 is 1.81 bits per heavy atom. The van der Waals surface area contributed by atoms with Crippen molar-refractivity contribution in [3.63, 3.8) is 0 Å². The van der Waals surface area contributed by atoms with E-state index >= 15 is 0 Å². The van der Waals surface area contributed by atoms with Crippen LogP contribution < -0.4 is 0 Å². The fourth-order valence-corrected chi connectivity index (χ4v) is 2.36. The number of carboxylic acids is 1. The van der Waals surface area contributed by atoms with Gasteiger partial charge in [0, 0.05) is 32.2 Å². The highest BCUT2D eigenvalue weighted by atomic mass is 16.5. The summed E-state index contributed by atoms with van der Waals surface area (Å²) in [4.78, 5) is 24.5. The Bertz CT molecular complexity index is 286. The molecule has 2 saturated heterocycles. The lowest BCUT2D eigenvalue weighted by Crippen LogP contribution is -2.37. The van der Waals surface area contributed by atoms with Crippen molar-refractivity contribution >= 4 is 11.9 Å². The largest absolute Gasteiger partial charge is 0.481 e. The number of aliphatic carboxylic acids is 1. The highest BCUT2D eigenvalue weighted by molar-refractivity contribution is 5.80. The van der Waals surface area contributed by atoms with Gasteiger partial charge in [-0.15, -0.1) is 0 Å². The third-order valence-electron chi connectivity index (χ3n) is 3.42. The normalized spacial score (nSPS) is 27.0. The Morgan fingerprint density at radius 3 is 2.38 bits per heavy atom. The van der Waals surface area contributed by atoms with Crippen LogP contribution in [0.4, 0.5) is 0 Å². The average molecular weight is 227 g/mol. The van der Waals surface area contributed by atoms with Gasteiger partial charge >= 0.3 is 5.97 Å². The van der Waals surface area contributed by atoms with E-state index in [0.717, 1.165) is 12.8 Å². The van der Waals surface area contributed by atoms with Crippen molar-refractivity contribution < 1.29 is 19.4 Å². The highest BCUT2D eigenvalue weighted by Crippen LogP contribution is 2.23. The fourth-order valence-electron chi connectivity index (χ4n) is 2.36. The molecule has 90 valence electrons. The third-order valence-corrected chi connectivity index (χ3v) is 3.42. The molecule has 0 bridgehead atoms. The van der Waals surface area contributed by atoms with Gasteiger partial charge in [0.1, 0.15) is 0 Å². The van der Waals surface area contributed by atoms with Crippen LogP contribution in [-0.2, 0) is 14.3 Å². The Balaban J connectivity index is 1.88. The lowest BCUT2D eigenvalue weighted by Gasteiger charge is -2.26. The average Bonchev–Trinajstić information content (AvgIpc) is 2.78. The van der Waals surface area contributed by atoms with E-state index in [1.165, 1.54) is 0 Å². The molecular formula is C11H17NO4. The summed E-state index contributed by atoms with van der Waals surface area (Å²) in [6, 6.07) is 0. The number of carbonyl (C=O) groups is 2. The molecule has 16 heavy (non-hydrogen) atoms. The number of rotatable bonds is 2. The van der Waals surface area contributed by atoms with Crippen molar-refractivity contribution in [3.05, 3.63) is 0 Å². The Morgan fingerprint density at radius 1 is 1.12 bits per heavy atom. The standard InChI is InChI=1S/C11H17NO4/c13-10(8-2-5-16-6-3-8)12-4-1-9(7-12)11(14)15/h8-9H,1-7H2,(H,14,15)/t9-/m0/s1. The van der Waals surface area contributed by atoms with Crippen LogP contribution in [0.25, 0.3) is 0 Å². The Labute approximate surface area is 94.4 Å². The number of ether oxygens (including phenoxy) is 1. The molecule has 1 N–H and O–H groups in total. The van der Waals surface area contributed by atoms with E-state index in [-0.39, 0.29) is 17.7 Å². The second kappa shape index (κ2) is 4.82. The molecular weight excluding hydrogens is 210 g/mol. The first-order valence-electron chi connectivity index (χ1n) is 5.78. The van der Waals surface area contributed by atoms with Crippen molar-refractivity contribution in [1.82, 2.24) is 4.90 Å². The van der Waals surface area contributed by atoms with Gasteiger partial charge < -0.3 is 14.7 Å². The fraction of sp³-hybridized carbons (Fsp3) is 0.818. The quantitative estimate of drug-likeness (QED) is 0.739. The summed E-state index contributed by atoms with van der Waals surface area (Å²) in [7, 11) is 0. The molecule has 1 amide bonds. The minimum absolute atomic E-state index is 0.0429. The van der Waals surface area contributed by atoms with Gasteiger partial charge in [-0.1, -0.05) is 0 Å². The molecule has 2 aliphatic heterocycles. The summed E-state index contributed by atoms with van der Waals surface area (Å²) in [5, 5.41) is 8.87. The molecule has 5 nitrogen and oxygen atoms in total. The van der Waals surface area contributed by atoms with Gasteiger partial charge in [-0.25, -0.2) is 0 Å². The molecule has 0 radical (unpaired) electrons. The molecule has 2 rings (SSSR count). The van der Waals surface area contributed by atoms with Crippen molar-refractivity contribution in [1.29, 1.82) is 0 Å². The van der Waals surface area contributed by atoms with E-state index in [1.54, 1.807) is 4.90 Å². The number of amides is 1. The van der Waals surface area contributed by atoms with Gasteiger partial charge in [-0.2, -0.15) is 0 Å². The minimum atomic E-state index is -0.790.